The molecule has 3 rings (SSSR count). The van der Waals surface area contributed by atoms with Gasteiger partial charge in [0.15, 0.2) is 4.34 Å². The molecule has 0 saturated carbocycles. The maximum atomic E-state index is 4.55. The van der Waals surface area contributed by atoms with Crippen LogP contribution in [0.1, 0.15) is 0 Å². The number of fused-ring (bicyclic) bond motifs is 1. The molecule has 0 unspecified atom stereocenters. The monoisotopic (exact) mass is 244 g/mol. The third-order valence-corrected chi connectivity index (χ3v) is 4.15. The van der Waals surface area contributed by atoms with E-state index in [1.165, 1.54) is 4.70 Å². The number of rotatable bonds is 2. The van der Waals surface area contributed by atoms with Gasteiger partial charge in [-0.2, -0.15) is 0 Å². The lowest BCUT2D eigenvalue weighted by atomic mass is 10.3. The Morgan fingerprint density at radius 3 is 2.69 bits per heavy atom. The summed E-state index contributed by atoms with van der Waals surface area (Å²) in [6.07, 6.45) is 1.80. The number of hydrogen-bond acceptors (Lipinski definition) is 4. The summed E-state index contributed by atoms with van der Waals surface area (Å²) in [6, 6.07) is 14.1. The van der Waals surface area contributed by atoms with Crippen LogP contribution in [-0.2, 0) is 0 Å². The van der Waals surface area contributed by atoms with Crippen LogP contribution in [0.25, 0.3) is 10.2 Å². The van der Waals surface area contributed by atoms with E-state index in [1.54, 1.807) is 29.3 Å². The van der Waals surface area contributed by atoms with Crippen LogP contribution in [0.3, 0.4) is 0 Å². The number of para-hydroxylation sites is 1. The SMILES string of the molecule is c1ccc(Sc2nc3ccccc3s2)nc1. The first-order chi connectivity index (χ1) is 7.92. The summed E-state index contributed by atoms with van der Waals surface area (Å²) in [6.45, 7) is 0. The van der Waals surface area contributed by atoms with Crippen LogP contribution < -0.4 is 0 Å². The normalized spacial score (nSPS) is 10.8. The van der Waals surface area contributed by atoms with Crippen molar-refractivity contribution in [2.75, 3.05) is 0 Å². The van der Waals surface area contributed by atoms with Crippen molar-refractivity contribution in [3.63, 3.8) is 0 Å². The van der Waals surface area contributed by atoms with Gasteiger partial charge in [-0.1, -0.05) is 18.2 Å². The lowest BCUT2D eigenvalue weighted by Gasteiger charge is -1.93. The van der Waals surface area contributed by atoms with Gasteiger partial charge in [-0.25, -0.2) is 9.97 Å². The van der Waals surface area contributed by atoms with Crippen LogP contribution in [0.15, 0.2) is 58.0 Å². The Hall–Kier alpha value is -1.39. The molecule has 0 fully saturated rings. The second kappa shape index (κ2) is 4.23. The fourth-order valence-corrected chi connectivity index (χ4v) is 3.36. The van der Waals surface area contributed by atoms with Crippen LogP contribution in [0.4, 0.5) is 0 Å². The average Bonchev–Trinajstić information content (AvgIpc) is 2.72. The highest BCUT2D eigenvalue weighted by Crippen LogP contribution is 2.32. The quantitative estimate of drug-likeness (QED) is 0.685. The van der Waals surface area contributed by atoms with E-state index in [9.17, 15) is 0 Å². The van der Waals surface area contributed by atoms with E-state index in [-0.39, 0.29) is 0 Å². The van der Waals surface area contributed by atoms with Crippen LogP contribution >= 0.6 is 23.1 Å². The summed E-state index contributed by atoms with van der Waals surface area (Å²) >= 11 is 3.31. The van der Waals surface area contributed by atoms with Gasteiger partial charge >= 0.3 is 0 Å². The molecule has 78 valence electrons. The number of benzene rings is 1. The van der Waals surface area contributed by atoms with Gasteiger partial charge in [0.1, 0.15) is 5.03 Å². The third-order valence-electron chi connectivity index (χ3n) is 2.10. The van der Waals surface area contributed by atoms with Gasteiger partial charge in [0.25, 0.3) is 0 Å². The van der Waals surface area contributed by atoms with Crippen molar-refractivity contribution in [1.82, 2.24) is 9.97 Å². The van der Waals surface area contributed by atoms with Crippen molar-refractivity contribution < 1.29 is 0 Å². The lowest BCUT2D eigenvalue weighted by molar-refractivity contribution is 1.13. The van der Waals surface area contributed by atoms with Crippen molar-refractivity contribution >= 4 is 33.3 Å². The zero-order valence-electron chi connectivity index (χ0n) is 8.33. The molecule has 0 spiro atoms. The minimum absolute atomic E-state index is 0.988. The predicted molar refractivity (Wildman–Crippen MR) is 68.0 cm³/mol. The van der Waals surface area contributed by atoms with Crippen LogP contribution in [0.5, 0.6) is 0 Å². The van der Waals surface area contributed by atoms with E-state index < -0.39 is 0 Å². The van der Waals surface area contributed by atoms with Gasteiger partial charge in [0.2, 0.25) is 0 Å². The molecule has 0 N–H and O–H groups in total. The number of thiazole rings is 1. The van der Waals surface area contributed by atoms with Crippen LogP contribution in [-0.4, -0.2) is 9.97 Å². The largest absolute Gasteiger partial charge is 0.250 e. The third kappa shape index (κ3) is 1.94. The standard InChI is InChI=1S/C12H8N2S2/c1-2-6-10-9(5-1)14-12(15-10)16-11-7-3-4-8-13-11/h1-8H. The molecular formula is C12H8N2S2. The molecule has 0 aliphatic rings. The second-order valence-corrected chi connectivity index (χ2v) is 5.52. The fourth-order valence-electron chi connectivity index (χ4n) is 1.39. The van der Waals surface area contributed by atoms with E-state index in [0.29, 0.717) is 0 Å². The molecule has 0 aliphatic heterocycles. The molecule has 2 aromatic heterocycles. The molecule has 16 heavy (non-hydrogen) atoms. The minimum Gasteiger partial charge on any atom is -0.250 e. The van der Waals surface area contributed by atoms with E-state index in [2.05, 4.69) is 16.0 Å². The molecule has 0 radical (unpaired) electrons. The molecule has 2 heterocycles. The summed E-state index contributed by atoms with van der Waals surface area (Å²) in [5.74, 6) is 0. The van der Waals surface area contributed by atoms with E-state index in [1.807, 2.05) is 36.4 Å². The Kier molecular flexibility index (Phi) is 2.60. The summed E-state index contributed by atoms with van der Waals surface area (Å²) in [5, 5.41) is 0.988. The van der Waals surface area contributed by atoms with Gasteiger partial charge < -0.3 is 0 Å². The Labute approximate surface area is 101 Å². The zero-order valence-corrected chi connectivity index (χ0v) is 9.96. The molecule has 0 atom stereocenters. The summed E-state index contributed by atoms with van der Waals surface area (Å²) in [4.78, 5) is 8.82. The Bertz CT molecular complexity index is 571. The lowest BCUT2D eigenvalue weighted by Crippen LogP contribution is -1.75. The Morgan fingerprint density at radius 1 is 1.00 bits per heavy atom. The molecule has 4 heteroatoms. The topological polar surface area (TPSA) is 25.8 Å². The first-order valence-corrected chi connectivity index (χ1v) is 6.49. The predicted octanol–water partition coefficient (Wildman–Crippen LogP) is 3.84. The molecule has 0 aliphatic carbocycles. The minimum atomic E-state index is 0.988. The Morgan fingerprint density at radius 2 is 1.88 bits per heavy atom. The summed E-state index contributed by atoms with van der Waals surface area (Å²) in [7, 11) is 0. The van der Waals surface area contributed by atoms with Gasteiger partial charge in [-0.05, 0) is 36.0 Å². The van der Waals surface area contributed by atoms with E-state index in [4.69, 9.17) is 0 Å². The van der Waals surface area contributed by atoms with Crippen molar-refractivity contribution in [2.24, 2.45) is 0 Å². The number of nitrogens with zero attached hydrogens (tertiary/aromatic N) is 2. The Balaban J connectivity index is 1.95. The molecule has 3 aromatic rings. The second-order valence-electron chi connectivity index (χ2n) is 3.22. The summed E-state index contributed by atoms with van der Waals surface area (Å²) < 4.78 is 2.26. The fraction of sp³-hybridized carbons (Fsp3) is 0. The summed E-state index contributed by atoms with van der Waals surface area (Å²) in [5.41, 5.74) is 1.06. The van der Waals surface area contributed by atoms with Crippen molar-refractivity contribution in [3.05, 3.63) is 48.7 Å². The van der Waals surface area contributed by atoms with Crippen LogP contribution in [0.2, 0.25) is 0 Å². The molecular weight excluding hydrogens is 236 g/mol. The van der Waals surface area contributed by atoms with Gasteiger partial charge in [0.05, 0.1) is 10.2 Å². The van der Waals surface area contributed by atoms with Gasteiger partial charge in [0, 0.05) is 6.20 Å². The highest BCUT2D eigenvalue weighted by molar-refractivity contribution is 8.01. The van der Waals surface area contributed by atoms with E-state index in [0.717, 1.165) is 14.9 Å². The van der Waals surface area contributed by atoms with Crippen LogP contribution in [0, 0.1) is 0 Å². The maximum absolute atomic E-state index is 4.55. The number of hydrogen-bond donors (Lipinski definition) is 0. The number of aromatic nitrogens is 2. The van der Waals surface area contributed by atoms with Crippen molar-refractivity contribution in [3.8, 4) is 0 Å². The molecule has 0 bridgehead atoms. The van der Waals surface area contributed by atoms with Crippen molar-refractivity contribution in [1.29, 1.82) is 0 Å². The zero-order chi connectivity index (χ0) is 10.8. The highest BCUT2D eigenvalue weighted by atomic mass is 32.2. The highest BCUT2D eigenvalue weighted by Gasteiger charge is 2.04. The smallest absolute Gasteiger partial charge is 0.157 e. The number of pyridine rings is 1. The first-order valence-electron chi connectivity index (χ1n) is 4.86. The van der Waals surface area contributed by atoms with Gasteiger partial charge in [-0.3, -0.25) is 0 Å². The molecule has 1 aromatic carbocycles. The van der Waals surface area contributed by atoms with Crippen molar-refractivity contribution in [2.45, 2.75) is 9.37 Å². The average molecular weight is 244 g/mol. The molecule has 0 saturated heterocycles. The first kappa shape index (κ1) is 9.81. The molecule has 2 nitrogen and oxygen atoms in total. The van der Waals surface area contributed by atoms with Gasteiger partial charge in [-0.15, -0.1) is 11.3 Å². The molecule has 0 amide bonds. The maximum Gasteiger partial charge on any atom is 0.157 e. The van der Waals surface area contributed by atoms with E-state index >= 15 is 0 Å².